The Bertz CT molecular complexity index is 371. The number of ether oxygens (including phenoxy) is 1. The van der Waals surface area contributed by atoms with Gasteiger partial charge in [-0.25, -0.2) is 0 Å². The average Bonchev–Trinajstić information content (AvgIpc) is 2.37. The van der Waals surface area contributed by atoms with E-state index in [1.54, 1.807) is 0 Å². The molecule has 0 N–H and O–H groups in total. The lowest BCUT2D eigenvalue weighted by Gasteiger charge is -2.13. The van der Waals surface area contributed by atoms with Gasteiger partial charge in [0.1, 0.15) is 6.61 Å². The SMILES string of the molecule is CCCCC(CC)C(=O)OCc1cccc(C)c1. The Hall–Kier alpha value is -1.31. The first-order chi connectivity index (χ1) is 8.67. The van der Waals surface area contributed by atoms with Crippen molar-refractivity contribution in [3.63, 3.8) is 0 Å². The molecule has 0 saturated carbocycles. The predicted octanol–water partition coefficient (Wildman–Crippen LogP) is 4.25. The predicted molar refractivity (Wildman–Crippen MR) is 74.3 cm³/mol. The molecule has 2 nitrogen and oxygen atoms in total. The Morgan fingerprint density at radius 2 is 2.11 bits per heavy atom. The third-order valence-electron chi connectivity index (χ3n) is 3.20. The summed E-state index contributed by atoms with van der Waals surface area (Å²) in [6.07, 6.45) is 4.03. The fraction of sp³-hybridized carbons (Fsp3) is 0.562. The maximum absolute atomic E-state index is 11.9. The van der Waals surface area contributed by atoms with Gasteiger partial charge in [0.15, 0.2) is 0 Å². The van der Waals surface area contributed by atoms with Crippen LogP contribution >= 0.6 is 0 Å². The zero-order valence-corrected chi connectivity index (χ0v) is 11.7. The van der Waals surface area contributed by atoms with Crippen LogP contribution in [0.1, 0.15) is 50.7 Å². The fourth-order valence-corrected chi connectivity index (χ4v) is 2.01. The van der Waals surface area contributed by atoms with Gasteiger partial charge < -0.3 is 4.74 Å². The first-order valence-electron chi connectivity index (χ1n) is 6.89. The summed E-state index contributed by atoms with van der Waals surface area (Å²) in [5.41, 5.74) is 2.26. The molecule has 0 fully saturated rings. The van der Waals surface area contributed by atoms with Gasteiger partial charge in [-0.05, 0) is 25.3 Å². The number of benzene rings is 1. The molecule has 0 aliphatic heterocycles. The monoisotopic (exact) mass is 248 g/mol. The van der Waals surface area contributed by atoms with Crippen molar-refractivity contribution in [2.75, 3.05) is 0 Å². The standard InChI is InChI=1S/C16H24O2/c1-4-6-10-15(5-2)16(17)18-12-14-9-7-8-13(3)11-14/h7-9,11,15H,4-6,10,12H2,1-3H3. The van der Waals surface area contributed by atoms with E-state index >= 15 is 0 Å². The molecule has 0 spiro atoms. The third kappa shape index (κ3) is 4.91. The van der Waals surface area contributed by atoms with Crippen LogP contribution in [0.5, 0.6) is 0 Å². The van der Waals surface area contributed by atoms with Crippen molar-refractivity contribution in [3.8, 4) is 0 Å². The van der Waals surface area contributed by atoms with Crippen LogP contribution in [0.25, 0.3) is 0 Å². The van der Waals surface area contributed by atoms with Gasteiger partial charge in [-0.3, -0.25) is 4.79 Å². The zero-order valence-electron chi connectivity index (χ0n) is 11.7. The van der Waals surface area contributed by atoms with Gasteiger partial charge in [-0.15, -0.1) is 0 Å². The maximum Gasteiger partial charge on any atom is 0.309 e. The summed E-state index contributed by atoms with van der Waals surface area (Å²) in [5, 5.41) is 0. The Morgan fingerprint density at radius 3 is 2.72 bits per heavy atom. The first-order valence-corrected chi connectivity index (χ1v) is 6.89. The van der Waals surface area contributed by atoms with Crippen LogP contribution in [0.3, 0.4) is 0 Å². The smallest absolute Gasteiger partial charge is 0.309 e. The minimum absolute atomic E-state index is 0.0487. The summed E-state index contributed by atoms with van der Waals surface area (Å²) in [6, 6.07) is 8.09. The van der Waals surface area contributed by atoms with Crippen molar-refractivity contribution in [1.29, 1.82) is 0 Å². The molecule has 0 saturated heterocycles. The Kier molecular flexibility index (Phi) is 6.48. The number of rotatable bonds is 7. The van der Waals surface area contributed by atoms with Gasteiger partial charge in [0.25, 0.3) is 0 Å². The molecule has 0 aromatic heterocycles. The van der Waals surface area contributed by atoms with Crippen LogP contribution in [-0.2, 0) is 16.1 Å². The van der Waals surface area contributed by atoms with E-state index in [4.69, 9.17) is 4.74 Å². The summed E-state index contributed by atoms with van der Waals surface area (Å²) in [4.78, 5) is 11.9. The summed E-state index contributed by atoms with van der Waals surface area (Å²) < 4.78 is 5.39. The van der Waals surface area contributed by atoms with Gasteiger partial charge in [-0.2, -0.15) is 0 Å². The Morgan fingerprint density at radius 1 is 1.33 bits per heavy atom. The molecule has 18 heavy (non-hydrogen) atoms. The van der Waals surface area contributed by atoms with E-state index in [1.165, 1.54) is 5.56 Å². The summed E-state index contributed by atoms with van der Waals surface area (Å²) >= 11 is 0. The first kappa shape index (κ1) is 14.7. The second kappa shape index (κ2) is 7.91. The van der Waals surface area contributed by atoms with E-state index in [0.717, 1.165) is 31.2 Å². The third-order valence-corrected chi connectivity index (χ3v) is 3.20. The van der Waals surface area contributed by atoms with Crippen LogP contribution in [0.4, 0.5) is 0 Å². The maximum atomic E-state index is 11.9. The second-order valence-corrected chi connectivity index (χ2v) is 4.84. The number of carbonyl (C=O) groups excluding carboxylic acids is 1. The number of aryl methyl sites for hydroxylation is 1. The highest BCUT2D eigenvalue weighted by atomic mass is 16.5. The summed E-state index contributed by atoms with van der Waals surface area (Å²) in [6.45, 7) is 6.63. The fourth-order valence-electron chi connectivity index (χ4n) is 2.01. The molecule has 2 heteroatoms. The molecule has 100 valence electrons. The highest BCUT2D eigenvalue weighted by molar-refractivity contribution is 5.72. The Labute approximate surface area is 110 Å². The molecule has 1 aromatic rings. The van der Waals surface area contributed by atoms with Crippen molar-refractivity contribution < 1.29 is 9.53 Å². The van der Waals surface area contributed by atoms with Crippen molar-refractivity contribution in [1.82, 2.24) is 0 Å². The summed E-state index contributed by atoms with van der Waals surface area (Å²) in [7, 11) is 0. The molecule has 0 bridgehead atoms. The molecule has 0 aliphatic rings. The van der Waals surface area contributed by atoms with Crippen LogP contribution in [-0.4, -0.2) is 5.97 Å². The van der Waals surface area contributed by atoms with Crippen LogP contribution in [0.2, 0.25) is 0 Å². The highest BCUT2D eigenvalue weighted by Gasteiger charge is 2.17. The Balaban J connectivity index is 2.44. The molecule has 0 amide bonds. The van der Waals surface area contributed by atoms with E-state index < -0.39 is 0 Å². The molecule has 1 atom stereocenters. The largest absolute Gasteiger partial charge is 0.461 e. The number of esters is 1. The minimum Gasteiger partial charge on any atom is -0.461 e. The quantitative estimate of drug-likeness (QED) is 0.674. The van der Waals surface area contributed by atoms with Gasteiger partial charge in [0, 0.05) is 0 Å². The van der Waals surface area contributed by atoms with Gasteiger partial charge in [0.2, 0.25) is 0 Å². The molecule has 1 rings (SSSR count). The van der Waals surface area contributed by atoms with Gasteiger partial charge >= 0.3 is 5.97 Å². The number of unbranched alkanes of at least 4 members (excludes halogenated alkanes) is 1. The van der Waals surface area contributed by atoms with Gasteiger partial charge in [-0.1, -0.05) is 56.5 Å². The molecular formula is C16H24O2. The molecule has 1 unspecified atom stereocenters. The average molecular weight is 248 g/mol. The molecule has 0 radical (unpaired) electrons. The topological polar surface area (TPSA) is 26.3 Å². The van der Waals surface area contributed by atoms with E-state index in [9.17, 15) is 4.79 Å². The van der Waals surface area contributed by atoms with Crippen LogP contribution in [0, 0.1) is 12.8 Å². The van der Waals surface area contributed by atoms with E-state index in [0.29, 0.717) is 6.61 Å². The molecular weight excluding hydrogens is 224 g/mol. The van der Waals surface area contributed by atoms with E-state index in [-0.39, 0.29) is 11.9 Å². The number of hydrogen-bond donors (Lipinski definition) is 0. The summed E-state index contributed by atoms with van der Waals surface area (Å²) in [5.74, 6) is 0.0159. The highest BCUT2D eigenvalue weighted by Crippen LogP contribution is 2.15. The lowest BCUT2D eigenvalue weighted by molar-refractivity contribution is -0.150. The second-order valence-electron chi connectivity index (χ2n) is 4.84. The molecule has 1 aromatic carbocycles. The zero-order chi connectivity index (χ0) is 13.4. The van der Waals surface area contributed by atoms with Crippen molar-refractivity contribution in [2.24, 2.45) is 5.92 Å². The molecule has 0 heterocycles. The molecule has 0 aliphatic carbocycles. The van der Waals surface area contributed by atoms with Crippen molar-refractivity contribution in [2.45, 2.75) is 53.1 Å². The van der Waals surface area contributed by atoms with Gasteiger partial charge in [0.05, 0.1) is 5.92 Å². The van der Waals surface area contributed by atoms with Crippen molar-refractivity contribution >= 4 is 5.97 Å². The normalized spacial score (nSPS) is 12.2. The lowest BCUT2D eigenvalue weighted by atomic mass is 10.00. The minimum atomic E-state index is -0.0487. The van der Waals surface area contributed by atoms with Crippen LogP contribution in [0.15, 0.2) is 24.3 Å². The number of carbonyl (C=O) groups is 1. The van der Waals surface area contributed by atoms with E-state index in [1.807, 2.05) is 32.0 Å². The van der Waals surface area contributed by atoms with Crippen molar-refractivity contribution in [3.05, 3.63) is 35.4 Å². The lowest BCUT2D eigenvalue weighted by Crippen LogP contribution is -2.17. The van der Waals surface area contributed by atoms with Crippen LogP contribution < -0.4 is 0 Å². The van der Waals surface area contributed by atoms with E-state index in [2.05, 4.69) is 13.0 Å². The number of hydrogen-bond acceptors (Lipinski definition) is 2.